The number of thioether (sulfide) groups is 1. The maximum Gasteiger partial charge on any atom is 0.127 e. The van der Waals surface area contributed by atoms with Gasteiger partial charge in [0.05, 0.1) is 34.1 Å². The van der Waals surface area contributed by atoms with Crippen LogP contribution in [0.2, 0.25) is 0 Å². The van der Waals surface area contributed by atoms with E-state index >= 15 is 0 Å². The van der Waals surface area contributed by atoms with Gasteiger partial charge >= 0.3 is 0 Å². The molecule has 0 aromatic carbocycles. The molecule has 0 fully saturated rings. The second-order valence-electron chi connectivity index (χ2n) is 6.72. The lowest BCUT2D eigenvalue weighted by Gasteiger charge is -2.13. The molecule has 0 saturated heterocycles. The van der Waals surface area contributed by atoms with E-state index in [1.54, 1.807) is 11.8 Å². The number of pyridine rings is 1. The highest BCUT2D eigenvalue weighted by molar-refractivity contribution is 8.02. The van der Waals surface area contributed by atoms with Crippen LogP contribution >= 0.6 is 23.1 Å². The molecule has 4 heterocycles. The molecular weight excluding hydrogens is 410 g/mol. The lowest BCUT2D eigenvalue weighted by Crippen LogP contribution is -2.09. The SMILES string of the molecule is CCCCS(=O)c1sc2nc(C3NC=CS3)cc(-c3cnc(C)n3C)c2c1N. The first-order valence-electron chi connectivity index (χ1n) is 9.17. The Morgan fingerprint density at radius 3 is 2.89 bits per heavy atom. The summed E-state index contributed by atoms with van der Waals surface area (Å²) in [6.07, 6.45) is 5.73. The maximum absolute atomic E-state index is 12.8. The molecule has 2 atom stereocenters. The largest absolute Gasteiger partial charge is 0.396 e. The number of aryl methyl sites for hydroxylation is 1. The second-order valence-corrected chi connectivity index (χ2v) is 10.5. The minimum Gasteiger partial charge on any atom is -0.396 e. The van der Waals surface area contributed by atoms with Crippen LogP contribution in [0.15, 0.2) is 28.1 Å². The number of imidazole rings is 1. The van der Waals surface area contributed by atoms with E-state index in [-0.39, 0.29) is 5.37 Å². The number of hydrogen-bond acceptors (Lipinski definition) is 7. The van der Waals surface area contributed by atoms with E-state index in [2.05, 4.69) is 27.9 Å². The van der Waals surface area contributed by atoms with Gasteiger partial charge in [0.15, 0.2) is 0 Å². The molecule has 3 aromatic rings. The van der Waals surface area contributed by atoms with E-state index in [1.807, 2.05) is 31.8 Å². The Bertz CT molecular complexity index is 1080. The highest BCUT2D eigenvalue weighted by atomic mass is 32.2. The number of fused-ring (bicyclic) bond motifs is 1. The van der Waals surface area contributed by atoms with Crippen molar-refractivity contribution in [1.82, 2.24) is 19.9 Å². The summed E-state index contributed by atoms with van der Waals surface area (Å²) in [4.78, 5) is 10.2. The van der Waals surface area contributed by atoms with Crippen molar-refractivity contribution in [1.29, 1.82) is 0 Å². The van der Waals surface area contributed by atoms with Crippen LogP contribution in [0.5, 0.6) is 0 Å². The van der Waals surface area contributed by atoms with Crippen molar-refractivity contribution >= 4 is 49.8 Å². The molecule has 9 heteroatoms. The molecular formula is C19H23N5OS3. The minimum absolute atomic E-state index is 0.0647. The summed E-state index contributed by atoms with van der Waals surface area (Å²) in [5.74, 6) is 1.56. The van der Waals surface area contributed by atoms with Gasteiger partial charge in [-0.3, -0.25) is 4.21 Å². The van der Waals surface area contributed by atoms with Crippen LogP contribution in [0.4, 0.5) is 5.69 Å². The van der Waals surface area contributed by atoms with Gasteiger partial charge in [-0.2, -0.15) is 0 Å². The van der Waals surface area contributed by atoms with Crippen LogP contribution < -0.4 is 11.1 Å². The van der Waals surface area contributed by atoms with Crippen LogP contribution in [0.3, 0.4) is 0 Å². The Morgan fingerprint density at radius 2 is 2.25 bits per heavy atom. The quantitative estimate of drug-likeness (QED) is 0.603. The second kappa shape index (κ2) is 7.88. The van der Waals surface area contributed by atoms with Crippen LogP contribution in [0.25, 0.3) is 21.5 Å². The van der Waals surface area contributed by atoms with Gasteiger partial charge < -0.3 is 15.6 Å². The number of nitrogens with two attached hydrogens (primary N) is 1. The van der Waals surface area contributed by atoms with Crippen molar-refractivity contribution in [2.75, 3.05) is 11.5 Å². The third-order valence-corrected chi connectivity index (χ3v) is 8.81. The Balaban J connectivity index is 1.92. The van der Waals surface area contributed by atoms with Gasteiger partial charge in [-0.05, 0) is 24.8 Å². The zero-order valence-electron chi connectivity index (χ0n) is 16.1. The number of hydrogen-bond donors (Lipinski definition) is 2. The van der Waals surface area contributed by atoms with E-state index in [0.717, 1.165) is 50.0 Å². The summed E-state index contributed by atoms with van der Waals surface area (Å²) >= 11 is 3.14. The number of unbranched alkanes of at least 4 members (excludes halogenated alkanes) is 1. The van der Waals surface area contributed by atoms with E-state index in [9.17, 15) is 4.21 Å². The monoisotopic (exact) mass is 433 g/mol. The summed E-state index contributed by atoms with van der Waals surface area (Å²) in [6, 6.07) is 2.08. The van der Waals surface area contributed by atoms with Gasteiger partial charge in [0.25, 0.3) is 0 Å². The highest BCUT2D eigenvalue weighted by Crippen LogP contribution is 2.43. The first-order valence-corrected chi connectivity index (χ1v) is 12.3. The molecule has 3 N–H and O–H groups in total. The normalized spacial score (nSPS) is 17.3. The molecule has 0 saturated carbocycles. The molecule has 0 aliphatic carbocycles. The van der Waals surface area contributed by atoms with E-state index < -0.39 is 10.8 Å². The van der Waals surface area contributed by atoms with E-state index in [0.29, 0.717) is 11.4 Å². The number of anilines is 1. The average Bonchev–Trinajstić information content (AvgIpc) is 3.41. The van der Waals surface area contributed by atoms with Gasteiger partial charge in [-0.1, -0.05) is 13.3 Å². The van der Waals surface area contributed by atoms with Crippen LogP contribution in [0.1, 0.15) is 36.7 Å². The molecule has 2 unspecified atom stereocenters. The van der Waals surface area contributed by atoms with E-state index in [4.69, 9.17) is 10.7 Å². The van der Waals surface area contributed by atoms with Crippen molar-refractivity contribution in [3.8, 4) is 11.3 Å². The van der Waals surface area contributed by atoms with Crippen LogP contribution in [-0.4, -0.2) is 24.5 Å². The first-order chi connectivity index (χ1) is 13.5. The zero-order valence-corrected chi connectivity index (χ0v) is 18.5. The molecule has 1 aliphatic heterocycles. The number of thiophene rings is 1. The Morgan fingerprint density at radius 1 is 1.43 bits per heavy atom. The Hall–Kier alpha value is -1.84. The average molecular weight is 434 g/mol. The fourth-order valence-corrected chi connectivity index (χ4v) is 6.72. The summed E-state index contributed by atoms with van der Waals surface area (Å²) in [5.41, 5.74) is 10.0. The molecule has 28 heavy (non-hydrogen) atoms. The van der Waals surface area contributed by atoms with Gasteiger partial charge in [-0.25, -0.2) is 9.97 Å². The van der Waals surface area contributed by atoms with E-state index in [1.165, 1.54) is 11.3 Å². The smallest absolute Gasteiger partial charge is 0.127 e. The predicted octanol–water partition coefficient (Wildman–Crippen LogP) is 4.30. The molecule has 0 bridgehead atoms. The zero-order chi connectivity index (χ0) is 19.8. The molecule has 4 rings (SSSR count). The molecule has 0 radical (unpaired) electrons. The lowest BCUT2D eigenvalue weighted by molar-refractivity contribution is 0.681. The summed E-state index contributed by atoms with van der Waals surface area (Å²) in [6.45, 7) is 4.08. The van der Waals surface area contributed by atoms with Gasteiger partial charge in [0, 0.05) is 30.0 Å². The fourth-order valence-electron chi connectivity index (χ4n) is 3.18. The molecule has 6 nitrogen and oxygen atoms in total. The molecule has 3 aromatic heterocycles. The van der Waals surface area contributed by atoms with Crippen LogP contribution in [-0.2, 0) is 17.8 Å². The topological polar surface area (TPSA) is 85.8 Å². The lowest BCUT2D eigenvalue weighted by atomic mass is 10.1. The maximum atomic E-state index is 12.8. The van der Waals surface area contributed by atoms with Crippen LogP contribution in [0, 0.1) is 6.92 Å². The van der Waals surface area contributed by atoms with Gasteiger partial charge in [0.1, 0.15) is 20.2 Å². The van der Waals surface area contributed by atoms with Gasteiger partial charge in [0.2, 0.25) is 0 Å². The minimum atomic E-state index is -1.10. The molecule has 1 aliphatic rings. The summed E-state index contributed by atoms with van der Waals surface area (Å²) < 4.78 is 15.6. The number of nitrogens with one attached hydrogen (secondary N) is 1. The molecule has 148 valence electrons. The highest BCUT2D eigenvalue weighted by Gasteiger charge is 2.24. The molecule has 0 spiro atoms. The standard InChI is InChI=1S/C19H23N5OS3/c1-4-5-8-28(25)19-16(20)15-12(14-10-22-11(2)24(14)3)9-13(23-18(15)27-19)17-21-6-7-26-17/h6-7,9-10,17,21H,4-5,8,20H2,1-3H3. The predicted molar refractivity (Wildman–Crippen MR) is 120 cm³/mol. The Kier molecular flexibility index (Phi) is 5.48. The Labute approximate surface area is 175 Å². The number of nitrogen functional groups attached to an aromatic ring is 1. The number of rotatable bonds is 6. The van der Waals surface area contributed by atoms with Crippen molar-refractivity contribution in [2.24, 2.45) is 7.05 Å². The van der Waals surface area contributed by atoms with Crippen molar-refractivity contribution in [3.63, 3.8) is 0 Å². The number of aromatic nitrogens is 3. The first kappa shape index (κ1) is 19.5. The number of nitrogens with zero attached hydrogens (tertiary/aromatic N) is 3. The fraction of sp³-hybridized carbons (Fsp3) is 0.368. The van der Waals surface area contributed by atoms with Crippen molar-refractivity contribution in [3.05, 3.63) is 35.4 Å². The third kappa shape index (κ3) is 3.35. The third-order valence-electron chi connectivity index (χ3n) is 4.87. The van der Waals surface area contributed by atoms with Gasteiger partial charge in [-0.15, -0.1) is 23.1 Å². The molecule has 0 amide bonds. The summed E-state index contributed by atoms with van der Waals surface area (Å²) in [7, 11) is 0.894. The van der Waals surface area contributed by atoms with Crippen molar-refractivity contribution in [2.45, 2.75) is 36.3 Å². The van der Waals surface area contributed by atoms with Crippen molar-refractivity contribution < 1.29 is 4.21 Å². The summed E-state index contributed by atoms with van der Waals surface area (Å²) in [5, 5.41) is 6.29.